The van der Waals surface area contributed by atoms with Crippen LogP contribution in [0.15, 0.2) is 23.4 Å². The van der Waals surface area contributed by atoms with Crippen LogP contribution in [0.3, 0.4) is 0 Å². The molecule has 0 aliphatic carbocycles. The highest BCUT2D eigenvalue weighted by Crippen LogP contribution is 2.22. The predicted molar refractivity (Wildman–Crippen MR) is 90.1 cm³/mol. The highest BCUT2D eigenvalue weighted by atomic mass is 32.2. The maximum atomic E-state index is 13.5. The van der Waals surface area contributed by atoms with E-state index in [1.807, 2.05) is 18.4 Å². The lowest BCUT2D eigenvalue weighted by Crippen LogP contribution is -2.16. The zero-order chi connectivity index (χ0) is 17.7. The Bertz CT molecular complexity index is 718. The van der Waals surface area contributed by atoms with Crippen LogP contribution < -0.4 is 5.32 Å². The average molecular weight is 354 g/mol. The largest absolute Gasteiger partial charge is 0.323 e. The molecule has 0 spiro atoms. The summed E-state index contributed by atoms with van der Waals surface area (Å²) < 4.78 is 28.4. The van der Waals surface area contributed by atoms with E-state index in [4.69, 9.17) is 0 Å². The number of hydrogen-bond donors (Lipinski definition) is 1. The van der Waals surface area contributed by atoms with Gasteiger partial charge in [0, 0.05) is 18.5 Å². The molecule has 24 heavy (non-hydrogen) atoms. The second-order valence-electron chi connectivity index (χ2n) is 5.61. The Balaban J connectivity index is 2.01. The van der Waals surface area contributed by atoms with Gasteiger partial charge in [-0.1, -0.05) is 32.5 Å². The molecule has 0 saturated carbocycles. The van der Waals surface area contributed by atoms with Gasteiger partial charge in [0.2, 0.25) is 5.91 Å². The molecule has 1 N–H and O–H groups in total. The van der Waals surface area contributed by atoms with Gasteiger partial charge in [0.1, 0.15) is 17.5 Å². The quantitative estimate of drug-likeness (QED) is 0.768. The van der Waals surface area contributed by atoms with Crippen LogP contribution in [0.2, 0.25) is 0 Å². The number of rotatable bonds is 7. The van der Waals surface area contributed by atoms with Gasteiger partial charge in [0.05, 0.1) is 11.4 Å². The van der Waals surface area contributed by atoms with Crippen molar-refractivity contribution in [3.05, 3.63) is 35.7 Å². The first-order chi connectivity index (χ1) is 11.4. The Morgan fingerprint density at radius 2 is 2.08 bits per heavy atom. The van der Waals surface area contributed by atoms with Gasteiger partial charge in [-0.05, 0) is 18.6 Å². The molecule has 2 rings (SSSR count). The lowest BCUT2D eigenvalue weighted by Gasteiger charge is -2.11. The van der Waals surface area contributed by atoms with Crippen molar-refractivity contribution in [2.75, 3.05) is 11.1 Å². The van der Waals surface area contributed by atoms with Crippen molar-refractivity contribution < 1.29 is 13.6 Å². The van der Waals surface area contributed by atoms with Crippen LogP contribution in [0.1, 0.15) is 38.9 Å². The Morgan fingerprint density at radius 1 is 1.33 bits per heavy atom. The van der Waals surface area contributed by atoms with Crippen LogP contribution in [0.25, 0.3) is 0 Å². The fourth-order valence-electron chi connectivity index (χ4n) is 2.17. The number of benzene rings is 1. The molecule has 0 aliphatic rings. The lowest BCUT2D eigenvalue weighted by molar-refractivity contribution is -0.113. The van der Waals surface area contributed by atoms with E-state index in [1.54, 1.807) is 0 Å². The monoisotopic (exact) mass is 354 g/mol. The first-order valence-corrected chi connectivity index (χ1v) is 8.71. The third-order valence-corrected chi connectivity index (χ3v) is 4.21. The number of nitrogens with zero attached hydrogens (tertiary/aromatic N) is 3. The minimum Gasteiger partial charge on any atom is -0.323 e. The number of anilines is 1. The van der Waals surface area contributed by atoms with Crippen molar-refractivity contribution >= 4 is 23.4 Å². The molecule has 8 heteroatoms. The minimum atomic E-state index is -0.801. The van der Waals surface area contributed by atoms with E-state index in [0.717, 1.165) is 30.9 Å². The molecule has 1 aromatic heterocycles. The lowest BCUT2D eigenvalue weighted by atomic mass is 10.2. The molecule has 0 atom stereocenters. The number of carbonyl (C=O) groups is 1. The summed E-state index contributed by atoms with van der Waals surface area (Å²) in [6.07, 6.45) is 0.929. The fraction of sp³-hybridized carbons (Fsp3) is 0.438. The molecule has 0 unspecified atom stereocenters. The second-order valence-corrected chi connectivity index (χ2v) is 6.55. The van der Waals surface area contributed by atoms with Crippen LogP contribution in [0, 0.1) is 11.6 Å². The maximum Gasteiger partial charge on any atom is 0.234 e. The number of amides is 1. The van der Waals surface area contributed by atoms with Crippen LogP contribution in [-0.2, 0) is 11.3 Å². The number of carbonyl (C=O) groups excluding carboxylic acids is 1. The molecule has 5 nitrogen and oxygen atoms in total. The molecule has 0 fully saturated rings. The van der Waals surface area contributed by atoms with Crippen LogP contribution in [-0.4, -0.2) is 26.4 Å². The fourth-order valence-corrected chi connectivity index (χ4v) is 2.95. The molecule has 0 aliphatic heterocycles. The third kappa shape index (κ3) is 4.53. The summed E-state index contributed by atoms with van der Waals surface area (Å²) in [5.74, 6) is -0.692. The topological polar surface area (TPSA) is 59.8 Å². The van der Waals surface area contributed by atoms with Crippen molar-refractivity contribution in [2.24, 2.45) is 0 Å². The molecule has 130 valence electrons. The number of thioether (sulfide) groups is 1. The minimum absolute atomic E-state index is 0.0418. The van der Waals surface area contributed by atoms with Gasteiger partial charge in [-0.25, -0.2) is 8.78 Å². The molecule has 1 heterocycles. The zero-order valence-corrected chi connectivity index (χ0v) is 14.7. The highest BCUT2D eigenvalue weighted by molar-refractivity contribution is 7.99. The van der Waals surface area contributed by atoms with E-state index >= 15 is 0 Å². The van der Waals surface area contributed by atoms with Gasteiger partial charge in [-0.2, -0.15) is 0 Å². The maximum absolute atomic E-state index is 13.5. The summed E-state index contributed by atoms with van der Waals surface area (Å²) in [5.41, 5.74) is -0.0418. The first kappa shape index (κ1) is 18.4. The van der Waals surface area contributed by atoms with Crippen LogP contribution >= 0.6 is 11.8 Å². The molecule has 0 bridgehead atoms. The molecule has 0 saturated heterocycles. The predicted octanol–water partition coefficient (Wildman–Crippen LogP) is 3.82. The first-order valence-electron chi connectivity index (χ1n) is 7.73. The normalized spacial score (nSPS) is 11.1. The van der Waals surface area contributed by atoms with Gasteiger partial charge < -0.3 is 9.88 Å². The summed E-state index contributed by atoms with van der Waals surface area (Å²) in [7, 11) is 0. The van der Waals surface area contributed by atoms with E-state index in [0.29, 0.717) is 5.16 Å². The van der Waals surface area contributed by atoms with Crippen LogP contribution in [0.4, 0.5) is 14.5 Å². The highest BCUT2D eigenvalue weighted by Gasteiger charge is 2.16. The van der Waals surface area contributed by atoms with Crippen molar-refractivity contribution in [1.29, 1.82) is 0 Å². The van der Waals surface area contributed by atoms with Crippen molar-refractivity contribution in [3.63, 3.8) is 0 Å². The van der Waals surface area contributed by atoms with Crippen molar-refractivity contribution in [3.8, 4) is 0 Å². The Kier molecular flexibility index (Phi) is 6.30. The second kappa shape index (κ2) is 8.23. The molecule has 0 radical (unpaired) electrons. The van der Waals surface area contributed by atoms with Gasteiger partial charge in [-0.3, -0.25) is 4.79 Å². The summed E-state index contributed by atoms with van der Waals surface area (Å²) >= 11 is 1.24. The Labute approximate surface area is 143 Å². The molecule has 1 aromatic carbocycles. The SMILES string of the molecule is CCCn1c(SCC(=O)Nc2ccc(F)cc2F)nnc1C(C)C. The number of hydrogen-bond acceptors (Lipinski definition) is 4. The van der Waals surface area contributed by atoms with Crippen LogP contribution in [0.5, 0.6) is 0 Å². The average Bonchev–Trinajstić information content (AvgIpc) is 2.91. The van der Waals surface area contributed by atoms with Gasteiger partial charge in [0.25, 0.3) is 0 Å². The summed E-state index contributed by atoms with van der Waals surface area (Å²) in [6, 6.07) is 3.03. The number of aromatic nitrogens is 3. The molecule has 1 amide bonds. The smallest absolute Gasteiger partial charge is 0.234 e. The van der Waals surface area contributed by atoms with Crippen molar-refractivity contribution in [1.82, 2.24) is 14.8 Å². The molecule has 2 aromatic rings. The molecular weight excluding hydrogens is 334 g/mol. The van der Waals surface area contributed by atoms with E-state index in [-0.39, 0.29) is 23.3 Å². The summed E-state index contributed by atoms with van der Waals surface area (Å²) in [4.78, 5) is 12.0. The van der Waals surface area contributed by atoms with Gasteiger partial charge >= 0.3 is 0 Å². The van der Waals surface area contributed by atoms with E-state index in [1.165, 1.54) is 17.8 Å². The Morgan fingerprint density at radius 3 is 2.71 bits per heavy atom. The summed E-state index contributed by atoms with van der Waals surface area (Å²) in [5, 5.41) is 11.4. The number of nitrogens with one attached hydrogen (secondary N) is 1. The molecular formula is C16H20F2N4OS. The van der Waals surface area contributed by atoms with E-state index in [9.17, 15) is 13.6 Å². The standard InChI is InChI=1S/C16H20F2N4OS/c1-4-7-22-15(10(2)3)20-21-16(22)24-9-14(23)19-13-6-5-11(17)8-12(13)18/h5-6,8,10H,4,7,9H2,1-3H3,(H,19,23). The third-order valence-electron chi connectivity index (χ3n) is 3.25. The summed E-state index contributed by atoms with van der Waals surface area (Å²) in [6.45, 7) is 6.91. The van der Waals surface area contributed by atoms with Crippen molar-refractivity contribution in [2.45, 2.75) is 44.8 Å². The van der Waals surface area contributed by atoms with E-state index < -0.39 is 11.6 Å². The van der Waals surface area contributed by atoms with Gasteiger partial charge in [-0.15, -0.1) is 10.2 Å². The number of halogens is 2. The zero-order valence-electron chi connectivity index (χ0n) is 13.8. The van der Waals surface area contributed by atoms with E-state index in [2.05, 4.69) is 22.4 Å². The van der Waals surface area contributed by atoms with Gasteiger partial charge in [0.15, 0.2) is 5.16 Å². The Hall–Kier alpha value is -1.96.